The van der Waals surface area contributed by atoms with Gasteiger partial charge in [-0.1, -0.05) is 6.08 Å². The molecular formula is C22H34N2O5S. The maximum absolute atomic E-state index is 14.0. The van der Waals surface area contributed by atoms with Crippen LogP contribution in [0.1, 0.15) is 53.4 Å². The minimum Gasteiger partial charge on any atom is -0.481 e. The van der Waals surface area contributed by atoms with E-state index < -0.39 is 38.9 Å². The number of nitrogens with zero attached hydrogens (tertiary/aromatic N) is 2. The molecule has 3 heterocycles. The summed E-state index contributed by atoms with van der Waals surface area (Å²) in [5.41, 5.74) is -0.461. The van der Waals surface area contributed by atoms with Gasteiger partial charge in [0, 0.05) is 30.0 Å². The first-order chi connectivity index (χ1) is 13.9. The predicted octanol–water partition coefficient (Wildman–Crippen LogP) is 2.14. The van der Waals surface area contributed by atoms with Gasteiger partial charge in [0.25, 0.3) is 0 Å². The van der Waals surface area contributed by atoms with Crippen molar-refractivity contribution in [3.63, 3.8) is 0 Å². The molecule has 0 aliphatic carbocycles. The standard InChI is InChI=1S/C22H34N2O5S/c1-6-11-24(20(2,3)4)18(27)16-22-10-9-21(5,30-22)15(19(28)29)14(22)17(26)23(16)12-7-8-13-25/h6,14-16,25H,1,7-13H2,2-5H3,(H,28,29)/t14-,15-,16?,21+,22?/m0/s1. The maximum atomic E-state index is 14.0. The summed E-state index contributed by atoms with van der Waals surface area (Å²) in [5.74, 6) is -2.78. The monoisotopic (exact) mass is 438 g/mol. The highest BCUT2D eigenvalue weighted by molar-refractivity contribution is 8.02. The molecule has 7 nitrogen and oxygen atoms in total. The van der Waals surface area contributed by atoms with Crippen LogP contribution in [0.15, 0.2) is 12.7 Å². The molecule has 8 heteroatoms. The Balaban J connectivity index is 2.07. The van der Waals surface area contributed by atoms with Crippen molar-refractivity contribution in [2.24, 2.45) is 11.8 Å². The van der Waals surface area contributed by atoms with Gasteiger partial charge in [-0.3, -0.25) is 14.4 Å². The highest BCUT2D eigenvalue weighted by Crippen LogP contribution is 2.71. The summed E-state index contributed by atoms with van der Waals surface area (Å²) in [6.45, 7) is 12.3. The molecule has 3 saturated heterocycles. The summed E-state index contributed by atoms with van der Waals surface area (Å²) < 4.78 is -1.25. The van der Waals surface area contributed by atoms with Gasteiger partial charge in [-0.2, -0.15) is 0 Å². The lowest BCUT2D eigenvalue weighted by Gasteiger charge is -2.42. The third-order valence-corrected chi connectivity index (χ3v) is 8.96. The third-order valence-electron chi connectivity index (χ3n) is 6.97. The van der Waals surface area contributed by atoms with Crippen LogP contribution in [0.3, 0.4) is 0 Å². The van der Waals surface area contributed by atoms with Gasteiger partial charge in [-0.15, -0.1) is 18.3 Å². The highest BCUT2D eigenvalue weighted by Gasteiger charge is 2.77. The molecule has 0 radical (unpaired) electrons. The fraction of sp³-hybridized carbons (Fsp3) is 0.773. The van der Waals surface area contributed by atoms with Crippen LogP contribution in [0.4, 0.5) is 0 Å². The Hall–Kier alpha value is -1.54. The van der Waals surface area contributed by atoms with Crippen molar-refractivity contribution < 1.29 is 24.6 Å². The number of hydrogen-bond acceptors (Lipinski definition) is 5. The number of aliphatic hydroxyl groups is 1. The molecule has 2 N–H and O–H groups in total. The smallest absolute Gasteiger partial charge is 0.308 e. The van der Waals surface area contributed by atoms with E-state index in [0.717, 1.165) is 0 Å². The third kappa shape index (κ3) is 3.36. The molecule has 3 rings (SSSR count). The minimum absolute atomic E-state index is 0.0182. The van der Waals surface area contributed by atoms with E-state index >= 15 is 0 Å². The van der Waals surface area contributed by atoms with Gasteiger partial charge in [0.2, 0.25) is 11.8 Å². The van der Waals surface area contributed by atoms with Gasteiger partial charge in [0.05, 0.1) is 16.6 Å². The quantitative estimate of drug-likeness (QED) is 0.445. The van der Waals surface area contributed by atoms with Gasteiger partial charge in [0.15, 0.2) is 0 Å². The second-order valence-corrected chi connectivity index (χ2v) is 11.8. The summed E-state index contributed by atoms with van der Waals surface area (Å²) in [6.07, 6.45) is 4.14. The normalized spacial score (nSPS) is 34.9. The fourth-order valence-electron chi connectivity index (χ4n) is 5.69. The average molecular weight is 439 g/mol. The van der Waals surface area contributed by atoms with Crippen molar-refractivity contribution >= 4 is 29.5 Å². The zero-order valence-electron chi connectivity index (χ0n) is 18.4. The number of carbonyl (C=O) groups excluding carboxylic acids is 2. The van der Waals surface area contributed by atoms with Crippen LogP contribution < -0.4 is 0 Å². The number of amides is 2. The molecule has 3 aliphatic rings. The van der Waals surface area contributed by atoms with E-state index in [1.807, 2.05) is 27.7 Å². The minimum atomic E-state index is -0.952. The van der Waals surface area contributed by atoms with Crippen molar-refractivity contribution in [3.8, 4) is 0 Å². The number of unbranched alkanes of at least 4 members (excludes halogenated alkanes) is 1. The predicted molar refractivity (Wildman–Crippen MR) is 116 cm³/mol. The first kappa shape index (κ1) is 23.1. The number of aliphatic hydroxyl groups excluding tert-OH is 1. The molecule has 1 spiro atoms. The lowest BCUT2D eigenvalue weighted by atomic mass is 9.66. The molecule has 30 heavy (non-hydrogen) atoms. The molecular weight excluding hydrogens is 404 g/mol. The van der Waals surface area contributed by atoms with Crippen molar-refractivity contribution in [2.45, 2.75) is 74.5 Å². The number of hydrogen-bond donors (Lipinski definition) is 2. The summed E-state index contributed by atoms with van der Waals surface area (Å²) in [6, 6.07) is -0.691. The lowest BCUT2D eigenvalue weighted by molar-refractivity contribution is -0.150. The van der Waals surface area contributed by atoms with E-state index in [-0.39, 0.29) is 18.4 Å². The fourth-order valence-corrected chi connectivity index (χ4v) is 8.03. The Morgan fingerprint density at radius 3 is 2.53 bits per heavy atom. The number of aliphatic carboxylic acids is 1. The topological polar surface area (TPSA) is 98.2 Å². The number of thioether (sulfide) groups is 1. The van der Waals surface area contributed by atoms with Gasteiger partial charge in [-0.05, 0) is 53.4 Å². The van der Waals surface area contributed by atoms with Gasteiger partial charge < -0.3 is 20.0 Å². The number of carboxylic acid groups (broad SMARTS) is 1. The summed E-state index contributed by atoms with van der Waals surface area (Å²) in [7, 11) is 0. The molecule has 0 aromatic heterocycles. The van der Waals surface area contributed by atoms with Gasteiger partial charge in [-0.25, -0.2) is 0 Å². The number of fused-ring (bicyclic) bond motifs is 1. The van der Waals surface area contributed by atoms with Crippen LogP contribution >= 0.6 is 11.8 Å². The SMILES string of the molecule is C=CCN(C(=O)C1N(CCCCO)C(=O)[C@@H]2[C@@H](C(=O)O)[C@@]3(C)CCC12S3)C(C)(C)C. The van der Waals surface area contributed by atoms with Crippen molar-refractivity contribution in [3.05, 3.63) is 12.7 Å². The first-order valence-electron chi connectivity index (χ1n) is 10.7. The Kier molecular flexibility index (Phi) is 6.06. The van der Waals surface area contributed by atoms with E-state index in [1.165, 1.54) is 0 Å². The van der Waals surface area contributed by atoms with Crippen LogP contribution in [0.5, 0.6) is 0 Å². The highest BCUT2D eigenvalue weighted by atomic mass is 32.2. The number of carbonyl (C=O) groups is 3. The molecule has 0 aromatic carbocycles. The van der Waals surface area contributed by atoms with Crippen LogP contribution in [0, 0.1) is 11.8 Å². The Bertz CT molecular complexity index is 750. The second kappa shape index (κ2) is 7.86. The summed E-state index contributed by atoms with van der Waals surface area (Å²) in [4.78, 5) is 43.1. The average Bonchev–Trinajstić information content (AvgIpc) is 3.20. The number of carboxylic acids is 1. The van der Waals surface area contributed by atoms with E-state index in [9.17, 15) is 24.6 Å². The van der Waals surface area contributed by atoms with Crippen molar-refractivity contribution in [1.29, 1.82) is 0 Å². The lowest BCUT2D eigenvalue weighted by Crippen LogP contribution is -2.58. The molecule has 3 aliphatic heterocycles. The second-order valence-electron chi connectivity index (χ2n) is 9.94. The molecule has 0 saturated carbocycles. The molecule has 3 fully saturated rings. The summed E-state index contributed by atoms with van der Waals surface area (Å²) in [5, 5.41) is 19.2. The Morgan fingerprint density at radius 2 is 2.00 bits per heavy atom. The van der Waals surface area contributed by atoms with E-state index in [4.69, 9.17) is 0 Å². The van der Waals surface area contributed by atoms with E-state index in [2.05, 4.69) is 6.58 Å². The molecule has 2 unspecified atom stereocenters. The van der Waals surface area contributed by atoms with Crippen LogP contribution in [-0.4, -0.2) is 78.6 Å². The Labute approximate surface area is 182 Å². The van der Waals surface area contributed by atoms with E-state index in [1.54, 1.807) is 27.6 Å². The zero-order chi connectivity index (χ0) is 22.5. The first-order valence-corrected chi connectivity index (χ1v) is 11.5. The molecule has 168 valence electrons. The number of rotatable bonds is 8. The van der Waals surface area contributed by atoms with Crippen LogP contribution in [0.2, 0.25) is 0 Å². The molecule has 2 bridgehead atoms. The van der Waals surface area contributed by atoms with Gasteiger partial charge >= 0.3 is 5.97 Å². The maximum Gasteiger partial charge on any atom is 0.308 e. The van der Waals surface area contributed by atoms with Gasteiger partial charge in [0.1, 0.15) is 6.04 Å². The van der Waals surface area contributed by atoms with Crippen molar-refractivity contribution in [1.82, 2.24) is 9.80 Å². The van der Waals surface area contributed by atoms with Crippen LogP contribution in [-0.2, 0) is 14.4 Å². The summed E-state index contributed by atoms with van der Waals surface area (Å²) >= 11 is 1.55. The van der Waals surface area contributed by atoms with E-state index in [0.29, 0.717) is 38.8 Å². The number of likely N-dealkylation sites (tertiary alicyclic amines) is 1. The zero-order valence-corrected chi connectivity index (χ0v) is 19.2. The van der Waals surface area contributed by atoms with Crippen LogP contribution in [0.25, 0.3) is 0 Å². The largest absolute Gasteiger partial charge is 0.481 e. The Morgan fingerprint density at radius 1 is 1.33 bits per heavy atom. The molecule has 5 atom stereocenters. The van der Waals surface area contributed by atoms with Crippen molar-refractivity contribution in [2.75, 3.05) is 19.7 Å². The molecule has 0 aromatic rings. The molecule has 2 amide bonds.